The SMILES string of the molecule is CC1(C)CC(O)CC(C)(C)N1C1(C(=O)O)C2C=CC(C2)C1C(=O)O. The zero-order valence-corrected chi connectivity index (χ0v) is 14.7. The number of hydrogen-bond acceptors (Lipinski definition) is 4. The molecule has 3 aliphatic rings. The summed E-state index contributed by atoms with van der Waals surface area (Å²) in [5.74, 6) is -3.66. The number of piperidine rings is 1. The van der Waals surface area contributed by atoms with Gasteiger partial charge in [0.2, 0.25) is 0 Å². The minimum absolute atomic E-state index is 0.248. The molecule has 0 amide bonds. The molecular formula is C18H27NO5. The van der Waals surface area contributed by atoms with Crippen LogP contribution >= 0.6 is 0 Å². The fraction of sp³-hybridized carbons (Fsp3) is 0.778. The monoisotopic (exact) mass is 337 g/mol. The second kappa shape index (κ2) is 5.05. The summed E-state index contributed by atoms with van der Waals surface area (Å²) in [4.78, 5) is 26.6. The number of carboxylic acids is 2. The average Bonchev–Trinajstić information content (AvgIpc) is 2.93. The molecule has 6 heteroatoms. The molecule has 4 unspecified atom stereocenters. The summed E-state index contributed by atoms with van der Waals surface area (Å²) < 4.78 is 0. The fourth-order valence-corrected chi connectivity index (χ4v) is 6.15. The number of aliphatic hydroxyl groups excluding tert-OH is 1. The van der Waals surface area contributed by atoms with Crippen molar-refractivity contribution in [2.75, 3.05) is 0 Å². The van der Waals surface area contributed by atoms with E-state index in [9.17, 15) is 24.9 Å². The number of carboxylic acid groups (broad SMARTS) is 2. The van der Waals surface area contributed by atoms with Crippen molar-refractivity contribution in [1.82, 2.24) is 4.90 Å². The van der Waals surface area contributed by atoms with Crippen LogP contribution in [0, 0.1) is 17.8 Å². The van der Waals surface area contributed by atoms with Gasteiger partial charge in [0.15, 0.2) is 0 Å². The maximum atomic E-state index is 12.6. The quantitative estimate of drug-likeness (QED) is 0.679. The molecule has 0 radical (unpaired) electrons. The van der Waals surface area contributed by atoms with E-state index < -0.39 is 40.6 Å². The number of carbonyl (C=O) groups is 2. The van der Waals surface area contributed by atoms with Crippen LogP contribution in [0.5, 0.6) is 0 Å². The molecule has 1 aliphatic heterocycles. The zero-order valence-electron chi connectivity index (χ0n) is 14.7. The van der Waals surface area contributed by atoms with Crippen LogP contribution in [0.4, 0.5) is 0 Å². The van der Waals surface area contributed by atoms with Gasteiger partial charge in [0.1, 0.15) is 5.54 Å². The van der Waals surface area contributed by atoms with E-state index in [-0.39, 0.29) is 11.8 Å². The molecule has 1 saturated heterocycles. The number of aliphatic hydroxyl groups is 1. The molecule has 3 N–H and O–H groups in total. The summed E-state index contributed by atoms with van der Waals surface area (Å²) in [5, 5.41) is 30.4. The van der Waals surface area contributed by atoms with Gasteiger partial charge in [0.05, 0.1) is 12.0 Å². The Labute approximate surface area is 142 Å². The molecule has 24 heavy (non-hydrogen) atoms. The highest BCUT2D eigenvalue weighted by molar-refractivity contribution is 5.90. The standard InChI is InChI=1S/C18H27NO5/c1-16(2)8-12(20)9-17(3,4)19(16)18(15(23)24)11-6-5-10(7-11)13(18)14(21)22/h5-6,10-13,20H,7-9H2,1-4H3,(H,21,22)(H,23,24). The summed E-state index contributed by atoms with van der Waals surface area (Å²) in [7, 11) is 0. The van der Waals surface area contributed by atoms with Crippen LogP contribution in [0.2, 0.25) is 0 Å². The molecule has 1 heterocycles. The van der Waals surface area contributed by atoms with Crippen molar-refractivity contribution in [1.29, 1.82) is 0 Å². The number of allylic oxidation sites excluding steroid dienone is 1. The number of nitrogens with zero attached hydrogens (tertiary/aromatic N) is 1. The lowest BCUT2D eigenvalue weighted by Crippen LogP contribution is -2.76. The molecule has 3 rings (SSSR count). The predicted octanol–water partition coefficient (Wildman–Crippen LogP) is 1.73. The van der Waals surface area contributed by atoms with E-state index in [4.69, 9.17) is 0 Å². The molecule has 0 aromatic carbocycles. The van der Waals surface area contributed by atoms with E-state index in [1.165, 1.54) is 0 Å². The Morgan fingerprint density at radius 1 is 1.04 bits per heavy atom. The van der Waals surface area contributed by atoms with Crippen LogP contribution in [0.3, 0.4) is 0 Å². The molecule has 1 saturated carbocycles. The Bertz CT molecular complexity index is 593. The third kappa shape index (κ3) is 2.09. The molecule has 134 valence electrons. The molecule has 2 fully saturated rings. The summed E-state index contributed by atoms with van der Waals surface area (Å²) in [6.45, 7) is 7.65. The minimum atomic E-state index is -1.47. The second-order valence-corrected chi connectivity index (χ2v) is 8.86. The van der Waals surface area contributed by atoms with Gasteiger partial charge in [-0.15, -0.1) is 0 Å². The third-order valence-electron chi connectivity index (χ3n) is 6.24. The molecular weight excluding hydrogens is 310 g/mol. The highest BCUT2D eigenvalue weighted by Crippen LogP contribution is 2.59. The van der Waals surface area contributed by atoms with Crippen molar-refractivity contribution in [3.05, 3.63) is 12.2 Å². The van der Waals surface area contributed by atoms with Crippen molar-refractivity contribution in [3.8, 4) is 0 Å². The van der Waals surface area contributed by atoms with Crippen molar-refractivity contribution < 1.29 is 24.9 Å². The van der Waals surface area contributed by atoms with Gasteiger partial charge in [0, 0.05) is 17.0 Å². The predicted molar refractivity (Wildman–Crippen MR) is 87.5 cm³/mol. The number of fused-ring (bicyclic) bond motifs is 2. The number of rotatable bonds is 3. The van der Waals surface area contributed by atoms with Crippen LogP contribution in [-0.4, -0.2) is 54.9 Å². The van der Waals surface area contributed by atoms with Crippen LogP contribution < -0.4 is 0 Å². The van der Waals surface area contributed by atoms with Gasteiger partial charge in [-0.1, -0.05) is 12.2 Å². The lowest BCUT2D eigenvalue weighted by molar-refractivity contribution is -0.198. The van der Waals surface area contributed by atoms with Gasteiger partial charge in [-0.25, -0.2) is 0 Å². The zero-order chi connectivity index (χ0) is 18.1. The Hall–Kier alpha value is -1.40. The van der Waals surface area contributed by atoms with E-state index in [0.29, 0.717) is 19.3 Å². The van der Waals surface area contributed by atoms with Crippen LogP contribution in [0.1, 0.15) is 47.0 Å². The number of likely N-dealkylation sites (tertiary alicyclic amines) is 1. The summed E-state index contributed by atoms with van der Waals surface area (Å²) in [6.07, 6.45) is 4.65. The van der Waals surface area contributed by atoms with Gasteiger partial charge in [-0.05, 0) is 52.9 Å². The van der Waals surface area contributed by atoms with Gasteiger partial charge < -0.3 is 15.3 Å². The van der Waals surface area contributed by atoms with E-state index >= 15 is 0 Å². The lowest BCUT2D eigenvalue weighted by atomic mass is 9.66. The maximum Gasteiger partial charge on any atom is 0.325 e. The third-order valence-corrected chi connectivity index (χ3v) is 6.24. The molecule has 6 nitrogen and oxygen atoms in total. The van der Waals surface area contributed by atoms with Crippen LogP contribution in [0.15, 0.2) is 12.2 Å². The Kier molecular flexibility index (Phi) is 3.67. The normalized spacial score (nSPS) is 40.8. The van der Waals surface area contributed by atoms with Crippen molar-refractivity contribution in [2.45, 2.75) is 69.7 Å². The Balaban J connectivity index is 2.23. The smallest absolute Gasteiger partial charge is 0.325 e. The number of aliphatic carboxylic acids is 2. The second-order valence-electron chi connectivity index (χ2n) is 8.86. The molecule has 0 spiro atoms. The van der Waals surface area contributed by atoms with Crippen molar-refractivity contribution >= 4 is 11.9 Å². The Morgan fingerprint density at radius 3 is 2.04 bits per heavy atom. The van der Waals surface area contributed by atoms with Crippen LogP contribution in [0.25, 0.3) is 0 Å². The molecule has 0 aromatic rings. The van der Waals surface area contributed by atoms with E-state index in [0.717, 1.165) is 0 Å². The minimum Gasteiger partial charge on any atom is -0.481 e. The summed E-state index contributed by atoms with van der Waals surface area (Å²) >= 11 is 0. The first-order chi connectivity index (χ1) is 10.9. The number of hydrogen-bond donors (Lipinski definition) is 3. The Morgan fingerprint density at radius 2 is 1.58 bits per heavy atom. The molecule has 2 aliphatic carbocycles. The lowest BCUT2D eigenvalue weighted by Gasteiger charge is -2.62. The molecule has 0 aromatic heterocycles. The highest BCUT2D eigenvalue weighted by Gasteiger charge is 2.71. The van der Waals surface area contributed by atoms with Crippen molar-refractivity contribution in [3.63, 3.8) is 0 Å². The molecule has 4 atom stereocenters. The van der Waals surface area contributed by atoms with Crippen molar-refractivity contribution in [2.24, 2.45) is 17.8 Å². The first kappa shape index (κ1) is 17.4. The highest BCUT2D eigenvalue weighted by atomic mass is 16.4. The van der Waals surface area contributed by atoms with Crippen LogP contribution in [-0.2, 0) is 9.59 Å². The molecule has 2 bridgehead atoms. The largest absolute Gasteiger partial charge is 0.481 e. The van der Waals surface area contributed by atoms with Gasteiger partial charge in [-0.3, -0.25) is 14.5 Å². The topological polar surface area (TPSA) is 98.1 Å². The summed E-state index contributed by atoms with van der Waals surface area (Å²) in [6, 6.07) is 0. The maximum absolute atomic E-state index is 12.6. The first-order valence-corrected chi connectivity index (χ1v) is 8.57. The first-order valence-electron chi connectivity index (χ1n) is 8.57. The fourth-order valence-electron chi connectivity index (χ4n) is 6.15. The summed E-state index contributed by atoms with van der Waals surface area (Å²) in [5.41, 5.74) is -2.71. The average molecular weight is 337 g/mol. The van der Waals surface area contributed by atoms with Gasteiger partial charge in [0.25, 0.3) is 0 Å². The van der Waals surface area contributed by atoms with Gasteiger partial charge in [-0.2, -0.15) is 0 Å². The van der Waals surface area contributed by atoms with E-state index in [2.05, 4.69) is 0 Å². The van der Waals surface area contributed by atoms with Gasteiger partial charge >= 0.3 is 11.9 Å². The van der Waals surface area contributed by atoms with E-state index in [1.807, 2.05) is 44.7 Å². The van der Waals surface area contributed by atoms with E-state index in [1.54, 1.807) is 0 Å².